The number of carbonyl (C=O) groups is 3. The quantitative estimate of drug-likeness (QED) is 0.422. The third-order valence-electron chi connectivity index (χ3n) is 4.75. The molecule has 31 heavy (non-hydrogen) atoms. The lowest BCUT2D eigenvalue weighted by Crippen LogP contribution is -2.30. The molecule has 1 aromatic heterocycles. The summed E-state index contributed by atoms with van der Waals surface area (Å²) in [7, 11) is 0. The Hall–Kier alpha value is -3.87. The van der Waals surface area contributed by atoms with Gasteiger partial charge in [0.05, 0.1) is 0 Å². The number of rotatable bonds is 7. The zero-order valence-electron chi connectivity index (χ0n) is 17.8. The second-order valence-corrected chi connectivity index (χ2v) is 7.16. The maximum absolute atomic E-state index is 12.5. The van der Waals surface area contributed by atoms with Gasteiger partial charge in [0.25, 0.3) is 5.91 Å². The number of aromatic amines is 1. The van der Waals surface area contributed by atoms with Crippen LogP contribution in [0.25, 0.3) is 0 Å². The van der Waals surface area contributed by atoms with E-state index in [1.807, 2.05) is 30.3 Å². The fraction of sp³-hybridized carbons (Fsp3) is 0.208. The van der Waals surface area contributed by atoms with Gasteiger partial charge in [0.2, 0.25) is 0 Å². The van der Waals surface area contributed by atoms with Crippen LogP contribution in [-0.2, 0) is 9.53 Å². The maximum Gasteiger partial charge on any atom is 0.355 e. The molecule has 7 nitrogen and oxygen atoms in total. The first-order valence-corrected chi connectivity index (χ1v) is 9.81. The standard InChI is InChI=1S/C24H24N2O5/c1-14-21(16(3)27)15(2)25-22(14)24(29)30-17(4)23(28)26-18-10-12-20(13-11-18)31-19-8-6-5-7-9-19/h5-13,17,25H,1-4H3,(H,26,28). The SMILES string of the molecule is CC(=O)c1c(C)[nH]c(C(=O)OC(C)C(=O)Nc2ccc(Oc3ccccc3)cc2)c1C. The van der Waals surface area contributed by atoms with E-state index in [-0.39, 0.29) is 11.5 Å². The van der Waals surface area contributed by atoms with E-state index in [0.717, 1.165) is 0 Å². The van der Waals surface area contributed by atoms with Crippen LogP contribution in [-0.4, -0.2) is 28.7 Å². The molecule has 0 saturated heterocycles. The first kappa shape index (κ1) is 21.8. The first-order chi connectivity index (χ1) is 14.8. The molecule has 0 aliphatic rings. The second kappa shape index (κ2) is 9.30. The summed E-state index contributed by atoms with van der Waals surface area (Å²) in [6.45, 7) is 6.30. The number of benzene rings is 2. The van der Waals surface area contributed by atoms with Crippen molar-refractivity contribution in [3.63, 3.8) is 0 Å². The Bertz CT molecular complexity index is 1100. The number of amides is 1. The van der Waals surface area contributed by atoms with Crippen LogP contribution in [0.4, 0.5) is 5.69 Å². The highest BCUT2D eigenvalue weighted by Crippen LogP contribution is 2.23. The summed E-state index contributed by atoms with van der Waals surface area (Å²) in [5.41, 5.74) is 2.27. The number of aryl methyl sites for hydroxylation is 1. The number of esters is 1. The maximum atomic E-state index is 12.5. The highest BCUT2D eigenvalue weighted by Gasteiger charge is 2.24. The number of carbonyl (C=O) groups excluding carboxylic acids is 3. The van der Waals surface area contributed by atoms with Crippen LogP contribution < -0.4 is 10.1 Å². The smallest absolute Gasteiger partial charge is 0.355 e. The predicted octanol–water partition coefficient (Wildman–Crippen LogP) is 4.81. The molecule has 7 heteroatoms. The van der Waals surface area contributed by atoms with Crippen LogP contribution in [0.3, 0.4) is 0 Å². The first-order valence-electron chi connectivity index (χ1n) is 9.81. The number of aromatic nitrogens is 1. The Labute approximate surface area is 180 Å². The molecule has 3 aromatic rings. The van der Waals surface area contributed by atoms with E-state index in [0.29, 0.717) is 34.0 Å². The van der Waals surface area contributed by atoms with Crippen molar-refractivity contribution in [1.82, 2.24) is 4.98 Å². The van der Waals surface area contributed by atoms with Gasteiger partial charge in [0.1, 0.15) is 17.2 Å². The van der Waals surface area contributed by atoms with E-state index in [1.54, 1.807) is 38.1 Å². The van der Waals surface area contributed by atoms with E-state index < -0.39 is 18.0 Å². The van der Waals surface area contributed by atoms with Gasteiger partial charge in [-0.2, -0.15) is 0 Å². The molecule has 1 atom stereocenters. The van der Waals surface area contributed by atoms with Crippen molar-refractivity contribution in [2.75, 3.05) is 5.32 Å². The fourth-order valence-corrected chi connectivity index (χ4v) is 3.23. The summed E-state index contributed by atoms with van der Waals surface area (Å²) in [4.78, 5) is 39.5. The van der Waals surface area contributed by atoms with Gasteiger partial charge in [-0.05, 0) is 69.7 Å². The zero-order chi connectivity index (χ0) is 22.5. The molecular weight excluding hydrogens is 396 g/mol. The summed E-state index contributed by atoms with van der Waals surface area (Å²) in [5, 5.41) is 2.70. The second-order valence-electron chi connectivity index (χ2n) is 7.16. The minimum atomic E-state index is -1.03. The number of hydrogen-bond donors (Lipinski definition) is 2. The summed E-state index contributed by atoms with van der Waals surface area (Å²) in [6, 6.07) is 16.2. The average molecular weight is 420 g/mol. The molecule has 0 saturated carbocycles. The molecule has 0 aliphatic carbocycles. The lowest BCUT2D eigenvalue weighted by molar-refractivity contribution is -0.123. The number of Topliss-reactive ketones (excluding diaryl/α,β-unsaturated/α-hetero) is 1. The number of ketones is 1. The highest BCUT2D eigenvalue weighted by molar-refractivity contribution is 6.02. The Balaban J connectivity index is 1.60. The van der Waals surface area contributed by atoms with Crippen molar-refractivity contribution in [2.45, 2.75) is 33.8 Å². The van der Waals surface area contributed by atoms with Gasteiger partial charge in [0, 0.05) is 16.9 Å². The Morgan fingerprint density at radius 2 is 1.55 bits per heavy atom. The third-order valence-corrected chi connectivity index (χ3v) is 4.75. The summed E-state index contributed by atoms with van der Waals surface area (Å²) in [6.07, 6.45) is -1.03. The van der Waals surface area contributed by atoms with Crippen molar-refractivity contribution < 1.29 is 23.9 Å². The van der Waals surface area contributed by atoms with E-state index in [1.165, 1.54) is 13.8 Å². The van der Waals surface area contributed by atoms with Gasteiger partial charge in [-0.3, -0.25) is 9.59 Å². The molecule has 0 fully saturated rings. The molecule has 1 unspecified atom stereocenters. The topological polar surface area (TPSA) is 97.5 Å². The van der Waals surface area contributed by atoms with Crippen LogP contribution in [0.2, 0.25) is 0 Å². The van der Waals surface area contributed by atoms with Gasteiger partial charge in [-0.1, -0.05) is 18.2 Å². The summed E-state index contributed by atoms with van der Waals surface area (Å²) in [5.74, 6) is 0.0288. The minimum absolute atomic E-state index is 0.143. The van der Waals surface area contributed by atoms with E-state index in [2.05, 4.69) is 10.3 Å². The lowest BCUT2D eigenvalue weighted by atomic mass is 10.1. The van der Waals surface area contributed by atoms with E-state index >= 15 is 0 Å². The van der Waals surface area contributed by atoms with Crippen LogP contribution in [0.5, 0.6) is 11.5 Å². The van der Waals surface area contributed by atoms with Gasteiger partial charge in [0.15, 0.2) is 11.9 Å². The monoisotopic (exact) mass is 420 g/mol. The molecule has 2 N–H and O–H groups in total. The molecule has 0 spiro atoms. The van der Waals surface area contributed by atoms with Gasteiger partial charge in [-0.25, -0.2) is 4.79 Å². The lowest BCUT2D eigenvalue weighted by Gasteiger charge is -2.14. The largest absolute Gasteiger partial charge is 0.457 e. The highest BCUT2D eigenvalue weighted by atomic mass is 16.5. The van der Waals surface area contributed by atoms with Gasteiger partial charge in [-0.15, -0.1) is 0 Å². The summed E-state index contributed by atoms with van der Waals surface area (Å²) < 4.78 is 11.0. The Morgan fingerprint density at radius 1 is 0.935 bits per heavy atom. The van der Waals surface area contributed by atoms with Gasteiger partial charge < -0.3 is 19.8 Å². The molecule has 0 aliphatic heterocycles. The predicted molar refractivity (Wildman–Crippen MR) is 117 cm³/mol. The normalized spacial score (nSPS) is 11.5. The molecule has 0 bridgehead atoms. The molecular formula is C24H24N2O5. The number of anilines is 1. The number of nitrogens with one attached hydrogen (secondary N) is 2. The zero-order valence-corrected chi connectivity index (χ0v) is 17.8. The van der Waals surface area contributed by atoms with Crippen LogP contribution >= 0.6 is 0 Å². The third kappa shape index (κ3) is 5.19. The van der Waals surface area contributed by atoms with Crippen molar-refractivity contribution in [2.24, 2.45) is 0 Å². The van der Waals surface area contributed by atoms with Gasteiger partial charge >= 0.3 is 5.97 Å². The molecule has 0 radical (unpaired) electrons. The van der Waals surface area contributed by atoms with Crippen molar-refractivity contribution >= 4 is 23.3 Å². The van der Waals surface area contributed by atoms with E-state index in [9.17, 15) is 14.4 Å². The van der Waals surface area contributed by atoms with Crippen LogP contribution in [0.1, 0.15) is 46.0 Å². The molecule has 1 heterocycles. The number of ether oxygens (including phenoxy) is 2. The Morgan fingerprint density at radius 3 is 2.13 bits per heavy atom. The average Bonchev–Trinajstić information content (AvgIpc) is 3.04. The molecule has 160 valence electrons. The number of hydrogen-bond acceptors (Lipinski definition) is 5. The molecule has 3 rings (SSSR count). The molecule has 1 amide bonds. The number of para-hydroxylation sites is 1. The minimum Gasteiger partial charge on any atom is -0.457 e. The van der Waals surface area contributed by atoms with E-state index in [4.69, 9.17) is 9.47 Å². The number of H-pyrrole nitrogens is 1. The van der Waals surface area contributed by atoms with Crippen molar-refractivity contribution in [3.8, 4) is 11.5 Å². The Kier molecular flexibility index (Phi) is 6.55. The fourth-order valence-electron chi connectivity index (χ4n) is 3.23. The van der Waals surface area contributed by atoms with Crippen LogP contribution in [0, 0.1) is 13.8 Å². The van der Waals surface area contributed by atoms with Crippen molar-refractivity contribution in [1.29, 1.82) is 0 Å². The van der Waals surface area contributed by atoms with Crippen molar-refractivity contribution in [3.05, 3.63) is 77.1 Å². The van der Waals surface area contributed by atoms with Crippen LogP contribution in [0.15, 0.2) is 54.6 Å². The summed E-state index contributed by atoms with van der Waals surface area (Å²) >= 11 is 0. The molecule has 2 aromatic carbocycles.